The molecule has 0 heterocycles. The van der Waals surface area contributed by atoms with Gasteiger partial charge < -0.3 is 10.1 Å². The largest absolute Gasteiger partial charge is 0.377 e. The van der Waals surface area contributed by atoms with Crippen molar-refractivity contribution in [1.82, 2.24) is 5.32 Å². The van der Waals surface area contributed by atoms with Crippen LogP contribution in [-0.4, -0.2) is 26.3 Å². The lowest BCUT2D eigenvalue weighted by Crippen LogP contribution is -2.18. The van der Waals surface area contributed by atoms with Gasteiger partial charge in [0.15, 0.2) is 0 Å². The summed E-state index contributed by atoms with van der Waals surface area (Å²) in [6, 6.07) is 0. The summed E-state index contributed by atoms with van der Waals surface area (Å²) in [5.74, 6) is 0.974. The third kappa shape index (κ3) is 5.83. The summed E-state index contributed by atoms with van der Waals surface area (Å²) in [6.07, 6.45) is 4.08. The van der Waals surface area contributed by atoms with Crippen LogP contribution in [0, 0.1) is 5.92 Å². The second-order valence-electron chi connectivity index (χ2n) is 3.81. The molecule has 0 bridgehead atoms. The maximum absolute atomic E-state index is 5.50. The second kappa shape index (κ2) is 6.17. The average Bonchev–Trinajstić information content (AvgIpc) is 2.92. The van der Waals surface area contributed by atoms with Crippen LogP contribution in [-0.2, 0) is 4.74 Å². The number of rotatable bonds is 8. The smallest absolute Gasteiger partial charge is 0.0686 e. The van der Waals surface area contributed by atoms with Gasteiger partial charge in [0.25, 0.3) is 0 Å². The first-order valence-electron chi connectivity index (χ1n) is 5.28. The van der Waals surface area contributed by atoms with Crippen LogP contribution in [0.1, 0.15) is 26.2 Å². The summed E-state index contributed by atoms with van der Waals surface area (Å²) < 4.78 is 5.50. The topological polar surface area (TPSA) is 21.3 Å². The third-order valence-electron chi connectivity index (χ3n) is 2.30. The third-order valence-corrected chi connectivity index (χ3v) is 2.30. The quantitative estimate of drug-likeness (QED) is 0.459. The van der Waals surface area contributed by atoms with Crippen molar-refractivity contribution < 1.29 is 4.74 Å². The van der Waals surface area contributed by atoms with E-state index in [4.69, 9.17) is 4.74 Å². The summed E-state index contributed by atoms with van der Waals surface area (Å²) in [5, 5.41) is 3.23. The lowest BCUT2D eigenvalue weighted by atomic mass is 10.3. The summed E-state index contributed by atoms with van der Waals surface area (Å²) in [5.41, 5.74) is 1.15. The number of ether oxygens (including phenoxy) is 1. The molecule has 0 amide bonds. The minimum absolute atomic E-state index is 0.722. The fourth-order valence-corrected chi connectivity index (χ4v) is 1.23. The average molecular weight is 183 g/mol. The maximum Gasteiger partial charge on any atom is 0.0686 e. The van der Waals surface area contributed by atoms with E-state index < -0.39 is 0 Å². The van der Waals surface area contributed by atoms with Crippen molar-refractivity contribution in [2.75, 3.05) is 26.3 Å². The van der Waals surface area contributed by atoms with E-state index in [0.29, 0.717) is 0 Å². The predicted molar refractivity (Wildman–Crippen MR) is 55.8 cm³/mol. The lowest BCUT2D eigenvalue weighted by Gasteiger charge is -2.06. The zero-order chi connectivity index (χ0) is 9.52. The van der Waals surface area contributed by atoms with Gasteiger partial charge in [-0.15, -0.1) is 0 Å². The lowest BCUT2D eigenvalue weighted by molar-refractivity contribution is 0.148. The van der Waals surface area contributed by atoms with E-state index in [1.165, 1.54) is 19.3 Å². The van der Waals surface area contributed by atoms with E-state index in [-0.39, 0.29) is 0 Å². The Balaban J connectivity index is 1.82. The van der Waals surface area contributed by atoms with E-state index in [0.717, 1.165) is 37.8 Å². The van der Waals surface area contributed by atoms with Crippen LogP contribution in [0.25, 0.3) is 0 Å². The van der Waals surface area contributed by atoms with Gasteiger partial charge in [0.05, 0.1) is 6.61 Å². The molecule has 0 saturated heterocycles. The summed E-state index contributed by atoms with van der Waals surface area (Å²) in [6.45, 7) is 9.56. The van der Waals surface area contributed by atoms with Gasteiger partial charge in [-0.1, -0.05) is 26.3 Å². The zero-order valence-electron chi connectivity index (χ0n) is 8.64. The maximum atomic E-state index is 5.50. The molecule has 1 saturated carbocycles. The Labute approximate surface area is 81.4 Å². The van der Waals surface area contributed by atoms with Gasteiger partial charge in [-0.05, 0) is 24.5 Å². The zero-order valence-corrected chi connectivity index (χ0v) is 8.64. The highest BCUT2D eigenvalue weighted by atomic mass is 16.5. The van der Waals surface area contributed by atoms with Gasteiger partial charge in [-0.3, -0.25) is 0 Å². The molecule has 0 aromatic rings. The Morgan fingerprint density at radius 1 is 1.54 bits per heavy atom. The Morgan fingerprint density at radius 2 is 2.31 bits per heavy atom. The minimum atomic E-state index is 0.722. The number of nitrogens with one attached hydrogen (secondary N) is 1. The Morgan fingerprint density at radius 3 is 2.92 bits per heavy atom. The molecule has 0 atom stereocenters. The van der Waals surface area contributed by atoms with Crippen LogP contribution >= 0.6 is 0 Å². The Hall–Kier alpha value is -0.340. The molecule has 1 fully saturated rings. The molecule has 2 nitrogen and oxygen atoms in total. The van der Waals surface area contributed by atoms with Gasteiger partial charge in [0.2, 0.25) is 0 Å². The first kappa shape index (κ1) is 10.7. The molecule has 0 unspecified atom stereocenters. The monoisotopic (exact) mass is 183 g/mol. The van der Waals surface area contributed by atoms with Crippen molar-refractivity contribution in [3.05, 3.63) is 12.2 Å². The molecule has 1 aliphatic carbocycles. The van der Waals surface area contributed by atoms with Crippen LogP contribution in [0.4, 0.5) is 0 Å². The number of likely N-dealkylation sites (N-methyl/N-ethyl adjacent to an activating group) is 1. The standard InChI is InChI=1S/C11H21NO/c1-3-12-8-10(2)9-13-7-6-11-4-5-11/h11-12H,2-9H2,1H3. The first-order valence-corrected chi connectivity index (χ1v) is 5.28. The van der Waals surface area contributed by atoms with Crippen molar-refractivity contribution >= 4 is 0 Å². The van der Waals surface area contributed by atoms with E-state index in [9.17, 15) is 0 Å². The van der Waals surface area contributed by atoms with Gasteiger partial charge in [0.1, 0.15) is 0 Å². The predicted octanol–water partition coefficient (Wildman–Crippen LogP) is 1.97. The van der Waals surface area contributed by atoms with E-state index >= 15 is 0 Å². The van der Waals surface area contributed by atoms with Crippen LogP contribution in [0.5, 0.6) is 0 Å². The molecule has 0 aromatic carbocycles. The molecule has 0 radical (unpaired) electrons. The van der Waals surface area contributed by atoms with E-state index in [2.05, 4.69) is 18.8 Å². The van der Waals surface area contributed by atoms with E-state index in [1.54, 1.807) is 0 Å². The molecular weight excluding hydrogens is 162 g/mol. The highest BCUT2D eigenvalue weighted by Crippen LogP contribution is 2.32. The van der Waals surface area contributed by atoms with Gasteiger partial charge in [0, 0.05) is 13.2 Å². The molecule has 1 rings (SSSR count). The molecule has 0 spiro atoms. The molecule has 76 valence electrons. The normalized spacial score (nSPS) is 16.1. The fraction of sp³-hybridized carbons (Fsp3) is 0.818. The van der Waals surface area contributed by atoms with Crippen LogP contribution in [0.2, 0.25) is 0 Å². The van der Waals surface area contributed by atoms with Gasteiger partial charge in [-0.25, -0.2) is 0 Å². The molecule has 1 aliphatic rings. The van der Waals surface area contributed by atoms with Crippen LogP contribution in [0.15, 0.2) is 12.2 Å². The second-order valence-corrected chi connectivity index (χ2v) is 3.81. The first-order chi connectivity index (χ1) is 6.33. The number of hydrogen-bond acceptors (Lipinski definition) is 2. The van der Waals surface area contributed by atoms with Crippen molar-refractivity contribution in [3.8, 4) is 0 Å². The summed E-state index contributed by atoms with van der Waals surface area (Å²) in [4.78, 5) is 0. The van der Waals surface area contributed by atoms with Crippen molar-refractivity contribution in [3.63, 3.8) is 0 Å². The fourth-order valence-electron chi connectivity index (χ4n) is 1.23. The molecule has 1 N–H and O–H groups in total. The van der Waals surface area contributed by atoms with Gasteiger partial charge in [-0.2, -0.15) is 0 Å². The molecule has 2 heteroatoms. The van der Waals surface area contributed by atoms with Crippen molar-refractivity contribution in [2.45, 2.75) is 26.2 Å². The molecule has 0 aromatic heterocycles. The minimum Gasteiger partial charge on any atom is -0.377 e. The van der Waals surface area contributed by atoms with Crippen LogP contribution in [0.3, 0.4) is 0 Å². The SMILES string of the molecule is C=C(CNCC)COCCC1CC1. The Kier molecular flexibility index (Phi) is 5.09. The molecular formula is C11H21NO. The Bertz CT molecular complexity index is 152. The van der Waals surface area contributed by atoms with Crippen LogP contribution < -0.4 is 5.32 Å². The molecule has 0 aliphatic heterocycles. The summed E-state index contributed by atoms with van der Waals surface area (Å²) in [7, 11) is 0. The number of hydrogen-bond donors (Lipinski definition) is 1. The highest BCUT2D eigenvalue weighted by molar-refractivity contribution is 4.96. The van der Waals surface area contributed by atoms with Gasteiger partial charge >= 0.3 is 0 Å². The highest BCUT2D eigenvalue weighted by Gasteiger charge is 2.20. The van der Waals surface area contributed by atoms with E-state index in [1.807, 2.05) is 0 Å². The van der Waals surface area contributed by atoms with Crippen molar-refractivity contribution in [2.24, 2.45) is 5.92 Å². The van der Waals surface area contributed by atoms with Crippen molar-refractivity contribution in [1.29, 1.82) is 0 Å². The molecule has 13 heavy (non-hydrogen) atoms. The summed E-state index contributed by atoms with van der Waals surface area (Å²) >= 11 is 0.